The molecule has 3 aromatic carbocycles. The summed E-state index contributed by atoms with van der Waals surface area (Å²) in [6.45, 7) is 3.63. The van der Waals surface area contributed by atoms with Gasteiger partial charge in [0.05, 0.1) is 5.97 Å². The van der Waals surface area contributed by atoms with E-state index in [1.807, 2.05) is 24.3 Å². The first-order chi connectivity index (χ1) is 16.5. The number of aryl methyl sites for hydroxylation is 1. The quantitative estimate of drug-likeness (QED) is 0.410. The summed E-state index contributed by atoms with van der Waals surface area (Å²) in [4.78, 5) is 13.4. The summed E-state index contributed by atoms with van der Waals surface area (Å²) in [5.74, 6) is 4.78. The molecular weight excluding hydrogens is 425 g/mol. The molecule has 34 heavy (non-hydrogen) atoms. The normalized spacial score (nSPS) is 12.6. The topological polar surface area (TPSA) is 43.4 Å². The number of carbonyl (C=O) groups is 1. The maximum Gasteiger partial charge on any atom is 0.132 e. The van der Waals surface area contributed by atoms with E-state index in [9.17, 15) is 14.3 Å². The number of carbonyl (C=O) groups excluding carboxylic acids is 1. The van der Waals surface area contributed by atoms with Crippen LogP contribution in [-0.4, -0.2) is 12.5 Å². The van der Waals surface area contributed by atoms with Crippen molar-refractivity contribution in [2.75, 3.05) is 11.4 Å². The first kappa shape index (κ1) is 23.6. The van der Waals surface area contributed by atoms with Gasteiger partial charge in [-0.2, -0.15) is 0 Å². The van der Waals surface area contributed by atoms with Crippen LogP contribution in [0.1, 0.15) is 65.2 Å². The van der Waals surface area contributed by atoms with E-state index in [2.05, 4.69) is 47.9 Å². The highest BCUT2D eigenvalue weighted by molar-refractivity contribution is 5.87. The van der Waals surface area contributed by atoms with Crippen LogP contribution in [0.5, 0.6) is 0 Å². The van der Waals surface area contributed by atoms with Gasteiger partial charge in [0.15, 0.2) is 0 Å². The van der Waals surface area contributed by atoms with Crippen LogP contribution >= 0.6 is 0 Å². The number of hydrogen-bond donors (Lipinski definition) is 0. The fourth-order valence-corrected chi connectivity index (χ4v) is 3.93. The van der Waals surface area contributed by atoms with E-state index in [0.29, 0.717) is 18.2 Å². The number of carboxylic acids is 1. The smallest absolute Gasteiger partial charge is 0.132 e. The average Bonchev–Trinajstić information content (AvgIpc) is 3.67. The summed E-state index contributed by atoms with van der Waals surface area (Å²) >= 11 is 0. The predicted molar refractivity (Wildman–Crippen MR) is 132 cm³/mol. The van der Waals surface area contributed by atoms with Gasteiger partial charge in [0.2, 0.25) is 0 Å². The Bertz CT molecular complexity index is 1190. The maximum atomic E-state index is 13.8. The number of hydrogen-bond acceptors (Lipinski definition) is 3. The molecule has 1 saturated carbocycles. The predicted octanol–water partition coefficient (Wildman–Crippen LogP) is 5.35. The molecule has 0 heterocycles. The second-order valence-corrected chi connectivity index (χ2v) is 9.02. The second kappa shape index (κ2) is 11.0. The zero-order valence-corrected chi connectivity index (χ0v) is 19.5. The van der Waals surface area contributed by atoms with Gasteiger partial charge >= 0.3 is 0 Å². The zero-order chi connectivity index (χ0) is 23.9. The molecule has 1 aliphatic carbocycles. The van der Waals surface area contributed by atoms with Gasteiger partial charge in [-0.05, 0) is 85.2 Å². The van der Waals surface area contributed by atoms with Crippen molar-refractivity contribution in [1.29, 1.82) is 0 Å². The standard InChI is InChI=1S/C30H30FNO2/c1-2-3-4-22-5-7-23(8-6-22)9-10-24-11-13-25(14-12-24)20-32(21-26-15-16-26)27-17-18-29(31)28(19-27)30(33)34/h5-8,11-14,17-19,26H,2-4,15-16,20-21H2,1H3,(H,33,34)/p-1. The van der Waals surface area contributed by atoms with Gasteiger partial charge in [-0.25, -0.2) is 4.39 Å². The van der Waals surface area contributed by atoms with E-state index in [1.54, 1.807) is 6.07 Å². The van der Waals surface area contributed by atoms with E-state index >= 15 is 0 Å². The lowest BCUT2D eigenvalue weighted by Crippen LogP contribution is -2.27. The number of carboxylic acid groups (broad SMARTS) is 1. The van der Waals surface area contributed by atoms with Crippen LogP contribution in [0.3, 0.4) is 0 Å². The molecule has 1 fully saturated rings. The van der Waals surface area contributed by atoms with Gasteiger partial charge in [-0.1, -0.05) is 49.5 Å². The fraction of sp³-hybridized carbons (Fsp3) is 0.300. The largest absolute Gasteiger partial charge is 0.545 e. The van der Waals surface area contributed by atoms with Crippen molar-refractivity contribution < 1.29 is 14.3 Å². The minimum atomic E-state index is -1.50. The Morgan fingerprint density at radius 2 is 1.59 bits per heavy atom. The number of rotatable bonds is 9. The van der Waals surface area contributed by atoms with E-state index < -0.39 is 17.3 Å². The SMILES string of the molecule is CCCCc1ccc(C#Cc2ccc(CN(CC3CC3)c3ccc(F)c(C(=O)[O-])c3)cc2)cc1. The molecule has 3 nitrogen and oxygen atoms in total. The van der Waals surface area contributed by atoms with Crippen molar-refractivity contribution in [2.24, 2.45) is 5.92 Å². The molecule has 0 saturated heterocycles. The molecule has 0 N–H and O–H groups in total. The third-order valence-corrected chi connectivity index (χ3v) is 6.16. The van der Waals surface area contributed by atoms with Gasteiger partial charge in [0.25, 0.3) is 0 Å². The van der Waals surface area contributed by atoms with Crippen LogP contribution in [0, 0.1) is 23.6 Å². The lowest BCUT2D eigenvalue weighted by atomic mass is 10.1. The first-order valence-corrected chi connectivity index (χ1v) is 12.0. The molecule has 0 aromatic heterocycles. The molecule has 0 aliphatic heterocycles. The Balaban J connectivity index is 1.45. The minimum absolute atomic E-state index is 0.401. The lowest BCUT2D eigenvalue weighted by molar-refractivity contribution is -0.255. The van der Waals surface area contributed by atoms with Crippen molar-refractivity contribution in [3.8, 4) is 11.8 Å². The van der Waals surface area contributed by atoms with Gasteiger partial charge in [0, 0.05) is 35.5 Å². The Morgan fingerprint density at radius 3 is 2.15 bits per heavy atom. The molecule has 4 heteroatoms. The molecule has 0 bridgehead atoms. The number of nitrogens with zero attached hydrogens (tertiary/aromatic N) is 1. The van der Waals surface area contributed by atoms with Crippen molar-refractivity contribution >= 4 is 11.7 Å². The Labute approximate surface area is 201 Å². The van der Waals surface area contributed by atoms with Crippen LogP contribution in [-0.2, 0) is 13.0 Å². The highest BCUT2D eigenvalue weighted by Gasteiger charge is 2.25. The van der Waals surface area contributed by atoms with Crippen molar-refractivity contribution in [3.63, 3.8) is 0 Å². The van der Waals surface area contributed by atoms with Crippen LogP contribution in [0.15, 0.2) is 66.7 Å². The minimum Gasteiger partial charge on any atom is -0.545 e. The maximum absolute atomic E-state index is 13.8. The van der Waals surface area contributed by atoms with E-state index in [-0.39, 0.29) is 0 Å². The Kier molecular flexibility index (Phi) is 7.65. The molecule has 3 aromatic rings. The molecule has 0 atom stereocenters. The summed E-state index contributed by atoms with van der Waals surface area (Å²) in [6, 6.07) is 20.8. The van der Waals surface area contributed by atoms with Crippen LogP contribution in [0.4, 0.5) is 10.1 Å². The van der Waals surface area contributed by atoms with Crippen LogP contribution in [0.25, 0.3) is 0 Å². The molecule has 0 radical (unpaired) electrons. The second-order valence-electron chi connectivity index (χ2n) is 9.02. The zero-order valence-electron chi connectivity index (χ0n) is 19.5. The molecule has 0 amide bonds. The summed E-state index contributed by atoms with van der Waals surface area (Å²) in [6.07, 6.45) is 5.84. The highest BCUT2D eigenvalue weighted by Crippen LogP contribution is 2.32. The van der Waals surface area contributed by atoms with E-state index in [0.717, 1.165) is 29.7 Å². The summed E-state index contributed by atoms with van der Waals surface area (Å²) in [5, 5.41) is 11.3. The summed E-state index contributed by atoms with van der Waals surface area (Å²) < 4.78 is 13.8. The third-order valence-electron chi connectivity index (χ3n) is 6.16. The van der Waals surface area contributed by atoms with Crippen molar-refractivity contribution in [3.05, 3.63) is 100 Å². The molecule has 4 rings (SSSR count). The molecule has 174 valence electrons. The van der Waals surface area contributed by atoms with E-state index in [1.165, 1.54) is 43.4 Å². The lowest BCUT2D eigenvalue weighted by Gasteiger charge is -2.26. The van der Waals surface area contributed by atoms with Crippen LogP contribution < -0.4 is 10.0 Å². The monoisotopic (exact) mass is 454 g/mol. The number of anilines is 1. The van der Waals surface area contributed by atoms with Crippen molar-refractivity contribution in [1.82, 2.24) is 0 Å². The fourth-order valence-electron chi connectivity index (χ4n) is 3.93. The van der Waals surface area contributed by atoms with Crippen LogP contribution in [0.2, 0.25) is 0 Å². The number of halogens is 1. The first-order valence-electron chi connectivity index (χ1n) is 12.0. The average molecular weight is 455 g/mol. The van der Waals surface area contributed by atoms with Gasteiger partial charge in [-0.15, -0.1) is 0 Å². The number of benzene rings is 3. The number of aromatic carboxylic acids is 1. The van der Waals surface area contributed by atoms with Gasteiger partial charge in [-0.3, -0.25) is 0 Å². The Morgan fingerprint density at radius 1 is 0.971 bits per heavy atom. The summed E-state index contributed by atoms with van der Waals surface area (Å²) in [7, 11) is 0. The third kappa shape index (κ3) is 6.48. The van der Waals surface area contributed by atoms with Crippen molar-refractivity contribution in [2.45, 2.75) is 45.6 Å². The molecule has 1 aliphatic rings. The summed E-state index contributed by atoms with van der Waals surface area (Å²) in [5.41, 5.74) is 4.67. The van der Waals surface area contributed by atoms with E-state index in [4.69, 9.17) is 0 Å². The highest BCUT2D eigenvalue weighted by atomic mass is 19.1. The molecule has 0 unspecified atom stereocenters. The molecule has 0 spiro atoms. The van der Waals surface area contributed by atoms with Gasteiger partial charge < -0.3 is 14.8 Å². The Hall–Kier alpha value is -3.58. The molecular formula is C30H29FNO2-. The number of unbranched alkanes of at least 4 members (excludes halogenated alkanes) is 1. The van der Waals surface area contributed by atoms with Gasteiger partial charge in [0.1, 0.15) is 5.82 Å².